The summed E-state index contributed by atoms with van der Waals surface area (Å²) in [6, 6.07) is 0. The number of likely N-dealkylation sites (tertiary alicyclic amines) is 1. The molecule has 0 bridgehead atoms. The van der Waals surface area contributed by atoms with E-state index in [-0.39, 0.29) is 5.41 Å². The summed E-state index contributed by atoms with van der Waals surface area (Å²) in [5, 5.41) is 7.07. The fourth-order valence-electron chi connectivity index (χ4n) is 6.26. The van der Waals surface area contributed by atoms with Crippen molar-refractivity contribution in [1.29, 1.82) is 0 Å². The molecule has 0 aromatic carbocycles. The average molecular weight is 517 g/mol. The topological polar surface area (TPSA) is 46.1 Å². The van der Waals surface area contributed by atoms with Crippen LogP contribution >= 0.6 is 0 Å². The normalized spacial score (nSPS) is 24.7. The SMILES string of the molecule is C=N/C(NCN(CCC)CC12CC1C=CC1=CCC=CC=C12)=C(/CNC)N(CC#CC)CN1CCCCC1. The monoisotopic (exact) mass is 516 g/mol. The molecule has 4 aliphatic rings. The number of rotatable bonds is 14. The Hall–Kier alpha value is -2.59. The van der Waals surface area contributed by atoms with Crippen molar-refractivity contribution in [1.82, 2.24) is 25.3 Å². The lowest BCUT2D eigenvalue weighted by molar-refractivity contribution is 0.143. The van der Waals surface area contributed by atoms with Crippen LogP contribution in [-0.2, 0) is 0 Å². The van der Waals surface area contributed by atoms with Gasteiger partial charge in [-0.2, -0.15) is 0 Å². The van der Waals surface area contributed by atoms with E-state index in [0.29, 0.717) is 12.5 Å². The molecule has 4 rings (SSSR count). The first-order valence-corrected chi connectivity index (χ1v) is 14.6. The molecule has 1 aliphatic heterocycles. The van der Waals surface area contributed by atoms with Gasteiger partial charge in [0, 0.05) is 18.5 Å². The first-order chi connectivity index (χ1) is 18.6. The number of nitrogens with one attached hydrogen (secondary N) is 2. The number of hydrogen-bond donors (Lipinski definition) is 2. The fraction of sp³-hybridized carbons (Fsp3) is 0.594. The Labute approximate surface area is 231 Å². The summed E-state index contributed by atoms with van der Waals surface area (Å²) in [7, 11) is 2.00. The number of fused-ring (bicyclic) bond motifs is 3. The van der Waals surface area contributed by atoms with E-state index in [1.807, 2.05) is 14.0 Å². The molecule has 0 aromatic heterocycles. The van der Waals surface area contributed by atoms with Crippen LogP contribution in [0.15, 0.2) is 64.1 Å². The number of aliphatic imine (C=N–C) groups is 1. The zero-order chi connectivity index (χ0) is 26.8. The van der Waals surface area contributed by atoms with Crippen molar-refractivity contribution in [3.63, 3.8) is 0 Å². The predicted octanol–water partition coefficient (Wildman–Crippen LogP) is 4.49. The molecule has 206 valence electrons. The van der Waals surface area contributed by atoms with Crippen LogP contribution in [0.25, 0.3) is 0 Å². The molecule has 0 aromatic rings. The minimum Gasteiger partial charge on any atom is -0.356 e. The second kappa shape index (κ2) is 14.0. The van der Waals surface area contributed by atoms with Crippen LogP contribution in [0.3, 0.4) is 0 Å². The smallest absolute Gasteiger partial charge is 0.147 e. The van der Waals surface area contributed by atoms with Gasteiger partial charge in [0.15, 0.2) is 0 Å². The van der Waals surface area contributed by atoms with Crippen molar-refractivity contribution >= 4 is 6.72 Å². The first kappa shape index (κ1) is 28.4. The summed E-state index contributed by atoms with van der Waals surface area (Å²) < 4.78 is 0. The summed E-state index contributed by atoms with van der Waals surface area (Å²) in [5.41, 5.74) is 4.32. The van der Waals surface area contributed by atoms with Crippen LogP contribution in [0.5, 0.6) is 0 Å². The molecular formula is C32H48N6. The van der Waals surface area contributed by atoms with Gasteiger partial charge in [0.25, 0.3) is 0 Å². The fourth-order valence-corrected chi connectivity index (χ4v) is 6.26. The second-order valence-electron chi connectivity index (χ2n) is 11.0. The van der Waals surface area contributed by atoms with Crippen LogP contribution in [-0.4, -0.2) is 81.1 Å². The number of likely N-dealkylation sites (N-methyl/N-ethyl adjacent to an activating group) is 1. The quantitative estimate of drug-likeness (QED) is 0.202. The predicted molar refractivity (Wildman–Crippen MR) is 160 cm³/mol. The summed E-state index contributed by atoms with van der Waals surface area (Å²) in [6.07, 6.45) is 21.3. The molecule has 1 saturated heterocycles. The molecule has 3 aliphatic carbocycles. The summed E-state index contributed by atoms with van der Waals surface area (Å²) in [6.45, 7) is 15.6. The van der Waals surface area contributed by atoms with E-state index in [1.165, 1.54) is 36.8 Å². The highest BCUT2D eigenvalue weighted by Crippen LogP contribution is 2.63. The Morgan fingerprint density at radius 2 is 2.13 bits per heavy atom. The molecule has 0 radical (unpaired) electrons. The Balaban J connectivity index is 1.51. The van der Waals surface area contributed by atoms with Crippen LogP contribution in [0.4, 0.5) is 0 Å². The average Bonchev–Trinajstić information content (AvgIpc) is 3.70. The van der Waals surface area contributed by atoms with Gasteiger partial charge in [0.05, 0.1) is 25.6 Å². The maximum Gasteiger partial charge on any atom is 0.147 e. The Morgan fingerprint density at radius 1 is 1.29 bits per heavy atom. The molecule has 2 unspecified atom stereocenters. The highest BCUT2D eigenvalue weighted by atomic mass is 15.3. The van der Waals surface area contributed by atoms with Gasteiger partial charge in [-0.15, -0.1) is 5.92 Å². The molecular weight excluding hydrogens is 468 g/mol. The lowest BCUT2D eigenvalue weighted by Crippen LogP contribution is -2.44. The summed E-state index contributed by atoms with van der Waals surface area (Å²) >= 11 is 0. The van der Waals surface area contributed by atoms with E-state index in [2.05, 4.69) is 92.3 Å². The lowest BCUT2D eigenvalue weighted by atomic mass is 9.82. The molecule has 38 heavy (non-hydrogen) atoms. The van der Waals surface area contributed by atoms with Crippen LogP contribution in [0.2, 0.25) is 0 Å². The molecule has 0 spiro atoms. The maximum absolute atomic E-state index is 4.52. The zero-order valence-corrected chi connectivity index (χ0v) is 23.9. The highest BCUT2D eigenvalue weighted by Gasteiger charge is 2.57. The molecule has 0 amide bonds. The van der Waals surface area contributed by atoms with Gasteiger partial charge in [-0.3, -0.25) is 9.80 Å². The van der Waals surface area contributed by atoms with E-state index < -0.39 is 0 Å². The van der Waals surface area contributed by atoms with Crippen molar-refractivity contribution in [2.24, 2.45) is 16.3 Å². The third-order valence-corrected chi connectivity index (χ3v) is 8.30. The number of piperidine rings is 1. The number of nitrogens with zero attached hydrogens (tertiary/aromatic N) is 4. The molecule has 6 nitrogen and oxygen atoms in total. The Bertz CT molecular complexity index is 1030. The van der Waals surface area contributed by atoms with Crippen molar-refractivity contribution < 1.29 is 0 Å². The minimum atomic E-state index is 0.239. The summed E-state index contributed by atoms with van der Waals surface area (Å²) in [5.74, 6) is 7.90. The van der Waals surface area contributed by atoms with Gasteiger partial charge in [-0.05, 0) is 89.5 Å². The highest BCUT2D eigenvalue weighted by molar-refractivity contribution is 5.55. The van der Waals surface area contributed by atoms with E-state index in [9.17, 15) is 0 Å². The standard InChI is InChI=1S/C32H48N6/c1-5-7-21-38(26-36-19-12-9-13-20-36)30(23-33-3)31(34-4)35-25-37(18-6-2)24-32-22-28(32)17-16-27-14-10-8-11-15-29(27)32/h8,11,14-17,28,33,35H,4,6,9-10,12-13,18-26H2,1-3H3/b31-30+. The molecule has 2 fully saturated rings. The van der Waals surface area contributed by atoms with Crippen molar-refractivity contribution in [3.8, 4) is 11.8 Å². The van der Waals surface area contributed by atoms with Crippen molar-refractivity contribution in [2.75, 3.05) is 59.7 Å². The third kappa shape index (κ3) is 6.88. The van der Waals surface area contributed by atoms with Gasteiger partial charge in [-0.1, -0.05) is 55.7 Å². The Kier molecular flexibility index (Phi) is 10.5. The van der Waals surface area contributed by atoms with Crippen molar-refractivity contribution in [2.45, 2.75) is 52.4 Å². The third-order valence-electron chi connectivity index (χ3n) is 8.30. The van der Waals surface area contributed by atoms with E-state index >= 15 is 0 Å². The number of allylic oxidation sites excluding steroid dienone is 7. The van der Waals surface area contributed by atoms with E-state index in [1.54, 1.807) is 0 Å². The van der Waals surface area contributed by atoms with Gasteiger partial charge in [0.2, 0.25) is 0 Å². The van der Waals surface area contributed by atoms with E-state index in [4.69, 9.17) is 0 Å². The molecule has 1 saturated carbocycles. The summed E-state index contributed by atoms with van der Waals surface area (Å²) in [4.78, 5) is 12.0. The van der Waals surface area contributed by atoms with E-state index in [0.717, 1.165) is 70.4 Å². The van der Waals surface area contributed by atoms with Gasteiger partial charge in [-0.25, -0.2) is 4.99 Å². The number of hydrogen-bond acceptors (Lipinski definition) is 6. The van der Waals surface area contributed by atoms with Gasteiger partial charge in [0.1, 0.15) is 5.82 Å². The molecule has 2 N–H and O–H groups in total. The van der Waals surface area contributed by atoms with Gasteiger partial charge < -0.3 is 15.5 Å². The van der Waals surface area contributed by atoms with Crippen molar-refractivity contribution in [3.05, 3.63) is 59.1 Å². The minimum absolute atomic E-state index is 0.239. The zero-order valence-electron chi connectivity index (χ0n) is 23.9. The second-order valence-corrected chi connectivity index (χ2v) is 11.0. The van der Waals surface area contributed by atoms with Gasteiger partial charge >= 0.3 is 0 Å². The van der Waals surface area contributed by atoms with Crippen LogP contribution in [0.1, 0.15) is 52.4 Å². The Morgan fingerprint density at radius 3 is 2.87 bits per heavy atom. The van der Waals surface area contributed by atoms with Crippen LogP contribution in [0, 0.1) is 23.2 Å². The first-order valence-electron chi connectivity index (χ1n) is 14.6. The molecule has 1 heterocycles. The molecule has 6 heteroatoms. The lowest BCUT2D eigenvalue weighted by Gasteiger charge is -2.35. The molecule has 2 atom stereocenters. The maximum atomic E-state index is 4.52. The largest absolute Gasteiger partial charge is 0.356 e. The van der Waals surface area contributed by atoms with Crippen LogP contribution < -0.4 is 10.6 Å².